The van der Waals surface area contributed by atoms with Gasteiger partial charge in [0.15, 0.2) is 5.65 Å². The van der Waals surface area contributed by atoms with Crippen molar-refractivity contribution in [2.24, 2.45) is 0 Å². The van der Waals surface area contributed by atoms with E-state index in [1.165, 1.54) is 6.07 Å². The van der Waals surface area contributed by atoms with Gasteiger partial charge in [0.25, 0.3) is 0 Å². The molecule has 3 nitrogen and oxygen atoms in total. The zero-order chi connectivity index (χ0) is 14.1. The van der Waals surface area contributed by atoms with Crippen LogP contribution in [0.2, 0.25) is 0 Å². The Kier molecular flexibility index (Phi) is 3.22. The summed E-state index contributed by atoms with van der Waals surface area (Å²) in [6, 6.07) is 10.8. The highest BCUT2D eigenvalue weighted by molar-refractivity contribution is 5.41. The number of hydrogen-bond donors (Lipinski definition) is 0. The van der Waals surface area contributed by atoms with Crippen molar-refractivity contribution < 1.29 is 4.39 Å². The van der Waals surface area contributed by atoms with E-state index < -0.39 is 0 Å². The topological polar surface area (TPSA) is 30.2 Å². The minimum absolute atomic E-state index is 0.166. The van der Waals surface area contributed by atoms with Crippen molar-refractivity contribution in [2.75, 3.05) is 0 Å². The van der Waals surface area contributed by atoms with Crippen molar-refractivity contribution in [1.82, 2.24) is 14.6 Å². The van der Waals surface area contributed by atoms with Gasteiger partial charge in [-0.3, -0.25) is 4.40 Å². The van der Waals surface area contributed by atoms with Crippen molar-refractivity contribution in [3.63, 3.8) is 0 Å². The van der Waals surface area contributed by atoms with Crippen LogP contribution in [-0.4, -0.2) is 14.6 Å². The first-order chi connectivity index (χ1) is 9.65. The molecule has 3 rings (SSSR count). The fraction of sp³-hybridized carbons (Fsp3) is 0.250. The zero-order valence-electron chi connectivity index (χ0n) is 11.5. The largest absolute Gasteiger partial charge is 0.286 e. The molecule has 0 fully saturated rings. The van der Waals surface area contributed by atoms with Gasteiger partial charge in [0, 0.05) is 18.5 Å². The van der Waals surface area contributed by atoms with Crippen molar-refractivity contribution in [3.05, 3.63) is 65.4 Å². The van der Waals surface area contributed by atoms with Crippen molar-refractivity contribution in [2.45, 2.75) is 26.2 Å². The Labute approximate surface area is 117 Å². The maximum atomic E-state index is 13.7. The molecule has 0 atom stereocenters. The van der Waals surface area contributed by atoms with Gasteiger partial charge in [-0.05, 0) is 23.3 Å². The quantitative estimate of drug-likeness (QED) is 0.727. The van der Waals surface area contributed by atoms with E-state index in [1.807, 2.05) is 34.9 Å². The molecule has 0 unspecified atom stereocenters. The third-order valence-electron chi connectivity index (χ3n) is 3.36. The molecule has 102 valence electrons. The number of rotatable bonds is 3. The Bertz CT molecular complexity index is 746. The van der Waals surface area contributed by atoms with Crippen LogP contribution in [0, 0.1) is 5.82 Å². The van der Waals surface area contributed by atoms with E-state index in [0.29, 0.717) is 17.9 Å². The van der Waals surface area contributed by atoms with Gasteiger partial charge in [0.1, 0.15) is 11.6 Å². The Hall–Kier alpha value is -2.23. The molecule has 0 bridgehead atoms. The second kappa shape index (κ2) is 5.04. The second-order valence-corrected chi connectivity index (χ2v) is 5.25. The van der Waals surface area contributed by atoms with Crippen LogP contribution < -0.4 is 0 Å². The summed E-state index contributed by atoms with van der Waals surface area (Å²) >= 11 is 0. The van der Waals surface area contributed by atoms with Crippen LogP contribution in [0.5, 0.6) is 0 Å². The van der Waals surface area contributed by atoms with Gasteiger partial charge in [0.2, 0.25) is 0 Å². The molecule has 0 aliphatic carbocycles. The number of benzene rings is 1. The monoisotopic (exact) mass is 269 g/mol. The lowest BCUT2D eigenvalue weighted by Crippen LogP contribution is -1.99. The molecule has 0 aliphatic heterocycles. The second-order valence-electron chi connectivity index (χ2n) is 5.25. The van der Waals surface area contributed by atoms with Crippen LogP contribution in [0.1, 0.15) is 36.7 Å². The van der Waals surface area contributed by atoms with Gasteiger partial charge in [0.05, 0.1) is 0 Å². The summed E-state index contributed by atoms with van der Waals surface area (Å²) in [5.41, 5.74) is 2.57. The fourth-order valence-corrected chi connectivity index (χ4v) is 2.31. The van der Waals surface area contributed by atoms with E-state index in [2.05, 4.69) is 24.0 Å². The summed E-state index contributed by atoms with van der Waals surface area (Å²) < 4.78 is 15.7. The molecular formula is C16H16FN3. The van der Waals surface area contributed by atoms with E-state index in [0.717, 1.165) is 17.0 Å². The molecule has 0 radical (unpaired) electrons. The highest BCUT2D eigenvalue weighted by Crippen LogP contribution is 2.17. The summed E-state index contributed by atoms with van der Waals surface area (Å²) in [5, 5.41) is 8.34. The molecule has 2 aromatic heterocycles. The molecule has 3 aromatic rings. The molecule has 0 N–H and O–H groups in total. The molecule has 0 saturated heterocycles. The van der Waals surface area contributed by atoms with Crippen LogP contribution in [0.15, 0.2) is 42.6 Å². The van der Waals surface area contributed by atoms with Crippen LogP contribution >= 0.6 is 0 Å². The lowest BCUT2D eigenvalue weighted by atomic mass is 10.1. The highest BCUT2D eigenvalue weighted by atomic mass is 19.1. The Balaban J connectivity index is 2.00. The van der Waals surface area contributed by atoms with Crippen LogP contribution in [0.25, 0.3) is 5.65 Å². The first-order valence-corrected chi connectivity index (χ1v) is 6.72. The van der Waals surface area contributed by atoms with Crippen LogP contribution in [0.4, 0.5) is 4.39 Å². The molecular weight excluding hydrogens is 253 g/mol. The number of fused-ring (bicyclic) bond motifs is 1. The van der Waals surface area contributed by atoms with Gasteiger partial charge in [-0.15, -0.1) is 10.2 Å². The summed E-state index contributed by atoms with van der Waals surface area (Å²) in [6.45, 7) is 4.17. The predicted octanol–water partition coefficient (Wildman–Crippen LogP) is 3.58. The maximum absolute atomic E-state index is 13.7. The molecule has 1 aromatic carbocycles. The summed E-state index contributed by atoms with van der Waals surface area (Å²) in [7, 11) is 0. The SMILES string of the molecule is CC(C)c1nnc2ccc(Cc3ccccc3F)cn12. The van der Waals surface area contributed by atoms with Gasteiger partial charge >= 0.3 is 0 Å². The lowest BCUT2D eigenvalue weighted by Gasteiger charge is -2.06. The molecule has 2 heterocycles. The number of hydrogen-bond acceptors (Lipinski definition) is 2. The number of halogens is 1. The van der Waals surface area contributed by atoms with E-state index in [1.54, 1.807) is 6.07 Å². The normalized spacial score (nSPS) is 11.4. The van der Waals surface area contributed by atoms with Gasteiger partial charge in [-0.1, -0.05) is 38.1 Å². The van der Waals surface area contributed by atoms with Gasteiger partial charge in [-0.25, -0.2) is 4.39 Å². The smallest absolute Gasteiger partial charge is 0.160 e. The zero-order valence-corrected chi connectivity index (χ0v) is 11.5. The average Bonchev–Trinajstić information content (AvgIpc) is 2.84. The van der Waals surface area contributed by atoms with E-state index in [-0.39, 0.29) is 5.82 Å². The highest BCUT2D eigenvalue weighted by Gasteiger charge is 2.10. The minimum Gasteiger partial charge on any atom is -0.286 e. The number of aromatic nitrogens is 3. The first kappa shape index (κ1) is 12.8. The summed E-state index contributed by atoms with van der Waals surface area (Å²) in [5.74, 6) is 1.06. The van der Waals surface area contributed by atoms with Crippen LogP contribution in [0.3, 0.4) is 0 Å². The standard InChI is InChI=1S/C16H16FN3/c1-11(2)16-19-18-15-8-7-12(10-20(15)16)9-13-5-3-4-6-14(13)17/h3-8,10-11H,9H2,1-2H3. The van der Waals surface area contributed by atoms with Crippen molar-refractivity contribution in [1.29, 1.82) is 0 Å². The predicted molar refractivity (Wildman–Crippen MR) is 76.3 cm³/mol. The van der Waals surface area contributed by atoms with Crippen LogP contribution in [-0.2, 0) is 6.42 Å². The third-order valence-corrected chi connectivity index (χ3v) is 3.36. The van der Waals surface area contributed by atoms with Crippen molar-refractivity contribution >= 4 is 5.65 Å². The Morgan fingerprint density at radius 2 is 1.90 bits per heavy atom. The Morgan fingerprint density at radius 1 is 1.10 bits per heavy atom. The van der Waals surface area contributed by atoms with Crippen molar-refractivity contribution in [3.8, 4) is 0 Å². The van der Waals surface area contributed by atoms with Gasteiger partial charge in [-0.2, -0.15) is 0 Å². The first-order valence-electron chi connectivity index (χ1n) is 6.72. The molecule has 0 aliphatic rings. The van der Waals surface area contributed by atoms with E-state index in [4.69, 9.17) is 0 Å². The molecule has 0 spiro atoms. The minimum atomic E-state index is -0.166. The molecule has 20 heavy (non-hydrogen) atoms. The maximum Gasteiger partial charge on any atom is 0.160 e. The Morgan fingerprint density at radius 3 is 2.65 bits per heavy atom. The molecule has 0 amide bonds. The van der Waals surface area contributed by atoms with E-state index in [9.17, 15) is 4.39 Å². The average molecular weight is 269 g/mol. The summed E-state index contributed by atoms with van der Waals surface area (Å²) in [4.78, 5) is 0. The third kappa shape index (κ3) is 2.29. The molecule has 0 saturated carbocycles. The fourth-order valence-electron chi connectivity index (χ4n) is 2.31. The van der Waals surface area contributed by atoms with E-state index >= 15 is 0 Å². The lowest BCUT2D eigenvalue weighted by molar-refractivity contribution is 0.614. The number of pyridine rings is 1. The number of nitrogens with zero attached hydrogens (tertiary/aromatic N) is 3. The summed E-state index contributed by atoms with van der Waals surface area (Å²) in [6.07, 6.45) is 2.56. The molecule has 4 heteroatoms. The van der Waals surface area contributed by atoms with Gasteiger partial charge < -0.3 is 0 Å².